The molecule has 13 heavy (non-hydrogen) atoms. The van der Waals surface area contributed by atoms with Gasteiger partial charge in [-0.2, -0.15) is 0 Å². The highest BCUT2D eigenvalue weighted by molar-refractivity contribution is 5.04. The largest absolute Gasteiger partial charge is 0.444 e. The van der Waals surface area contributed by atoms with Crippen molar-refractivity contribution in [1.29, 1.82) is 0 Å². The van der Waals surface area contributed by atoms with Crippen molar-refractivity contribution in [2.45, 2.75) is 33.4 Å². The maximum Gasteiger partial charge on any atom is 0.208 e. The van der Waals surface area contributed by atoms with Crippen molar-refractivity contribution in [3.05, 3.63) is 17.3 Å². The first-order chi connectivity index (χ1) is 6.09. The first kappa shape index (κ1) is 10.2. The summed E-state index contributed by atoms with van der Waals surface area (Å²) in [6.07, 6.45) is -0.336. The Balaban J connectivity index is 2.37. The van der Waals surface area contributed by atoms with E-state index in [1.807, 2.05) is 13.8 Å². The number of aryl methyl sites for hydroxylation is 2. The van der Waals surface area contributed by atoms with E-state index in [0.29, 0.717) is 19.0 Å². The zero-order valence-corrected chi connectivity index (χ0v) is 8.29. The van der Waals surface area contributed by atoms with Crippen molar-refractivity contribution in [1.82, 2.24) is 10.3 Å². The third-order valence-corrected chi connectivity index (χ3v) is 1.79. The highest BCUT2D eigenvalue weighted by Crippen LogP contribution is 2.07. The maximum absolute atomic E-state index is 8.98. The molecule has 0 aliphatic rings. The van der Waals surface area contributed by atoms with Crippen molar-refractivity contribution < 1.29 is 9.52 Å². The Hall–Kier alpha value is -0.870. The number of hydrogen-bond acceptors (Lipinski definition) is 4. The van der Waals surface area contributed by atoms with E-state index in [1.54, 1.807) is 6.92 Å². The third-order valence-electron chi connectivity index (χ3n) is 1.79. The first-order valence-corrected chi connectivity index (χ1v) is 4.41. The van der Waals surface area contributed by atoms with Gasteiger partial charge in [-0.15, -0.1) is 0 Å². The highest BCUT2D eigenvalue weighted by atomic mass is 16.4. The van der Waals surface area contributed by atoms with Crippen LogP contribution >= 0.6 is 0 Å². The Morgan fingerprint density at radius 1 is 1.54 bits per heavy atom. The number of hydrogen-bond donors (Lipinski definition) is 2. The predicted molar refractivity (Wildman–Crippen MR) is 49.4 cm³/mol. The molecule has 1 rings (SSSR count). The van der Waals surface area contributed by atoms with Gasteiger partial charge in [-0.1, -0.05) is 0 Å². The Labute approximate surface area is 78.0 Å². The molecule has 0 spiro atoms. The molecule has 4 heteroatoms. The number of aliphatic hydroxyl groups is 1. The summed E-state index contributed by atoms with van der Waals surface area (Å²) in [5, 5.41) is 12.0. The summed E-state index contributed by atoms with van der Waals surface area (Å²) < 4.78 is 5.34. The Morgan fingerprint density at radius 2 is 2.23 bits per heavy atom. The van der Waals surface area contributed by atoms with Gasteiger partial charge in [-0.3, -0.25) is 0 Å². The summed E-state index contributed by atoms with van der Waals surface area (Å²) in [6, 6.07) is 0. The van der Waals surface area contributed by atoms with Gasteiger partial charge in [-0.05, 0) is 20.8 Å². The minimum Gasteiger partial charge on any atom is -0.444 e. The van der Waals surface area contributed by atoms with Crippen LogP contribution in [0.4, 0.5) is 0 Å². The number of aliphatic hydroxyl groups excluding tert-OH is 1. The molecule has 2 N–H and O–H groups in total. The molecule has 4 nitrogen and oxygen atoms in total. The van der Waals surface area contributed by atoms with E-state index in [-0.39, 0.29) is 6.10 Å². The van der Waals surface area contributed by atoms with Gasteiger partial charge in [0.15, 0.2) is 0 Å². The molecular formula is C9H16N2O2. The van der Waals surface area contributed by atoms with Gasteiger partial charge in [0.2, 0.25) is 5.89 Å². The van der Waals surface area contributed by atoms with E-state index in [1.165, 1.54) is 0 Å². The normalized spacial score (nSPS) is 13.2. The van der Waals surface area contributed by atoms with Gasteiger partial charge in [0, 0.05) is 6.54 Å². The summed E-state index contributed by atoms with van der Waals surface area (Å²) in [5.41, 5.74) is 0.925. The zero-order chi connectivity index (χ0) is 9.84. The Kier molecular flexibility index (Phi) is 3.45. The van der Waals surface area contributed by atoms with Crippen molar-refractivity contribution >= 4 is 0 Å². The summed E-state index contributed by atoms with van der Waals surface area (Å²) in [7, 11) is 0. The molecule has 1 aromatic rings. The minimum absolute atomic E-state index is 0.336. The van der Waals surface area contributed by atoms with Crippen LogP contribution in [0.2, 0.25) is 0 Å². The van der Waals surface area contributed by atoms with Gasteiger partial charge < -0.3 is 14.8 Å². The van der Waals surface area contributed by atoms with Gasteiger partial charge >= 0.3 is 0 Å². The molecule has 0 aliphatic heterocycles. The van der Waals surface area contributed by atoms with E-state index in [2.05, 4.69) is 10.3 Å². The van der Waals surface area contributed by atoms with Gasteiger partial charge in [0.25, 0.3) is 0 Å². The summed E-state index contributed by atoms with van der Waals surface area (Å²) in [6.45, 7) is 6.66. The SMILES string of the molecule is Cc1nc(CNC[C@@H](C)O)oc1C. The summed E-state index contributed by atoms with van der Waals surface area (Å²) in [5.74, 6) is 1.53. The molecule has 0 fully saturated rings. The van der Waals surface area contributed by atoms with Crippen LogP contribution in [-0.4, -0.2) is 22.7 Å². The van der Waals surface area contributed by atoms with E-state index in [9.17, 15) is 0 Å². The van der Waals surface area contributed by atoms with Crippen LogP contribution in [0.15, 0.2) is 4.42 Å². The Bertz CT molecular complexity index is 249. The van der Waals surface area contributed by atoms with E-state index in [4.69, 9.17) is 9.52 Å². The molecule has 1 atom stereocenters. The fraction of sp³-hybridized carbons (Fsp3) is 0.667. The first-order valence-electron chi connectivity index (χ1n) is 4.41. The number of aromatic nitrogens is 1. The molecule has 0 radical (unpaired) electrons. The predicted octanol–water partition coefficient (Wildman–Crippen LogP) is 0.762. The molecule has 1 heterocycles. The monoisotopic (exact) mass is 184 g/mol. The summed E-state index contributed by atoms with van der Waals surface area (Å²) in [4.78, 5) is 4.20. The van der Waals surface area contributed by atoms with Crippen LogP contribution in [0.1, 0.15) is 24.3 Å². The van der Waals surface area contributed by atoms with Crippen LogP contribution in [-0.2, 0) is 6.54 Å². The van der Waals surface area contributed by atoms with E-state index in [0.717, 1.165) is 11.5 Å². The molecule has 0 bridgehead atoms. The summed E-state index contributed by atoms with van der Waals surface area (Å²) >= 11 is 0. The van der Waals surface area contributed by atoms with Crippen LogP contribution < -0.4 is 5.32 Å². The van der Waals surface area contributed by atoms with Crippen LogP contribution in [0.25, 0.3) is 0 Å². The molecular weight excluding hydrogens is 168 g/mol. The van der Waals surface area contributed by atoms with Gasteiger partial charge in [0.1, 0.15) is 5.76 Å². The Morgan fingerprint density at radius 3 is 2.69 bits per heavy atom. The lowest BCUT2D eigenvalue weighted by Crippen LogP contribution is -2.23. The minimum atomic E-state index is -0.336. The average Bonchev–Trinajstić information content (AvgIpc) is 2.30. The van der Waals surface area contributed by atoms with Crippen LogP contribution in [0.3, 0.4) is 0 Å². The third kappa shape index (κ3) is 3.16. The van der Waals surface area contributed by atoms with Crippen LogP contribution in [0, 0.1) is 13.8 Å². The standard InChI is InChI=1S/C9H16N2O2/c1-6(12)4-10-5-9-11-7(2)8(3)13-9/h6,10,12H,4-5H2,1-3H3/t6-/m1/s1. The lowest BCUT2D eigenvalue weighted by molar-refractivity contribution is 0.189. The van der Waals surface area contributed by atoms with Crippen molar-refractivity contribution in [2.75, 3.05) is 6.54 Å². The lowest BCUT2D eigenvalue weighted by Gasteiger charge is -2.03. The number of nitrogens with one attached hydrogen (secondary N) is 1. The van der Waals surface area contributed by atoms with Crippen molar-refractivity contribution in [3.63, 3.8) is 0 Å². The quantitative estimate of drug-likeness (QED) is 0.725. The average molecular weight is 184 g/mol. The molecule has 0 saturated heterocycles. The molecule has 0 aromatic carbocycles. The smallest absolute Gasteiger partial charge is 0.208 e. The topological polar surface area (TPSA) is 58.3 Å². The van der Waals surface area contributed by atoms with Gasteiger partial charge in [-0.25, -0.2) is 4.98 Å². The van der Waals surface area contributed by atoms with Crippen molar-refractivity contribution in [3.8, 4) is 0 Å². The molecule has 74 valence electrons. The fourth-order valence-electron chi connectivity index (χ4n) is 1.00. The van der Waals surface area contributed by atoms with E-state index >= 15 is 0 Å². The molecule has 0 saturated carbocycles. The molecule has 1 aromatic heterocycles. The van der Waals surface area contributed by atoms with Crippen LogP contribution in [0.5, 0.6) is 0 Å². The lowest BCUT2D eigenvalue weighted by atomic mass is 10.4. The number of rotatable bonds is 4. The number of oxazole rings is 1. The van der Waals surface area contributed by atoms with Crippen molar-refractivity contribution in [2.24, 2.45) is 0 Å². The second-order valence-corrected chi connectivity index (χ2v) is 3.23. The molecule has 0 amide bonds. The van der Waals surface area contributed by atoms with E-state index < -0.39 is 0 Å². The molecule has 0 aliphatic carbocycles. The van der Waals surface area contributed by atoms with Gasteiger partial charge in [0.05, 0.1) is 18.3 Å². The highest BCUT2D eigenvalue weighted by Gasteiger charge is 2.04. The zero-order valence-electron chi connectivity index (χ0n) is 8.29. The second-order valence-electron chi connectivity index (χ2n) is 3.23. The second kappa shape index (κ2) is 4.39. The fourth-order valence-corrected chi connectivity index (χ4v) is 1.00. The maximum atomic E-state index is 8.98. The molecule has 0 unspecified atom stereocenters. The number of nitrogens with zero attached hydrogens (tertiary/aromatic N) is 1.